The van der Waals surface area contributed by atoms with Gasteiger partial charge < -0.3 is 14.5 Å². The topological polar surface area (TPSA) is 85.6 Å². The second-order valence-corrected chi connectivity index (χ2v) is 7.56. The molecule has 6 nitrogen and oxygen atoms in total. The van der Waals surface area contributed by atoms with E-state index in [0.29, 0.717) is 33.5 Å². The molecule has 2 aromatic carbocycles. The van der Waals surface area contributed by atoms with Crippen molar-refractivity contribution in [3.63, 3.8) is 0 Å². The highest BCUT2D eigenvalue weighted by atomic mass is 79.9. The molecule has 0 aliphatic rings. The first-order valence-electron chi connectivity index (χ1n) is 8.82. The number of benzene rings is 2. The van der Waals surface area contributed by atoms with Gasteiger partial charge in [0.2, 0.25) is 0 Å². The predicted molar refractivity (Wildman–Crippen MR) is 113 cm³/mol. The maximum absolute atomic E-state index is 12.0. The van der Waals surface area contributed by atoms with Gasteiger partial charge in [-0.2, -0.15) is 0 Å². The van der Waals surface area contributed by atoms with Crippen molar-refractivity contribution in [1.29, 1.82) is 0 Å². The lowest BCUT2D eigenvalue weighted by molar-refractivity contribution is -0.143. The fourth-order valence-corrected chi connectivity index (χ4v) is 3.31. The van der Waals surface area contributed by atoms with Crippen molar-refractivity contribution in [2.75, 3.05) is 6.54 Å². The van der Waals surface area contributed by atoms with Gasteiger partial charge in [0.05, 0.1) is 0 Å². The van der Waals surface area contributed by atoms with Gasteiger partial charge in [0.1, 0.15) is 18.7 Å². The molecule has 0 bridgehead atoms. The molecular formula is C21H17BrClNO5. The molecule has 150 valence electrons. The minimum atomic E-state index is -0.631. The summed E-state index contributed by atoms with van der Waals surface area (Å²) in [5.41, 5.74) is 1.60. The van der Waals surface area contributed by atoms with E-state index in [1.807, 2.05) is 6.92 Å². The Balaban J connectivity index is 1.66. The van der Waals surface area contributed by atoms with E-state index in [-0.39, 0.29) is 19.1 Å². The van der Waals surface area contributed by atoms with Gasteiger partial charge in [-0.3, -0.25) is 9.59 Å². The molecule has 0 saturated carbocycles. The van der Waals surface area contributed by atoms with Gasteiger partial charge in [0, 0.05) is 32.1 Å². The fourth-order valence-electron chi connectivity index (χ4n) is 2.74. The summed E-state index contributed by atoms with van der Waals surface area (Å²) in [6, 6.07) is 11.4. The minimum Gasteiger partial charge on any atom is -0.459 e. The molecule has 0 aliphatic heterocycles. The summed E-state index contributed by atoms with van der Waals surface area (Å²) in [6.07, 6.45) is 0.690. The van der Waals surface area contributed by atoms with Crippen molar-refractivity contribution in [1.82, 2.24) is 5.32 Å². The van der Waals surface area contributed by atoms with Gasteiger partial charge in [-0.05, 0) is 48.4 Å². The zero-order valence-corrected chi connectivity index (χ0v) is 17.8. The summed E-state index contributed by atoms with van der Waals surface area (Å²) in [5.74, 6) is -1.02. The molecule has 3 aromatic rings. The molecule has 1 N–H and O–H groups in total. The number of esters is 1. The molecule has 0 fully saturated rings. The third kappa shape index (κ3) is 5.25. The van der Waals surface area contributed by atoms with Crippen LogP contribution in [0.5, 0.6) is 0 Å². The second-order valence-electron chi connectivity index (χ2n) is 6.23. The number of amides is 1. The maximum Gasteiger partial charge on any atom is 0.336 e. The Morgan fingerprint density at radius 3 is 2.55 bits per heavy atom. The SMILES string of the molecule is CCc1cc2oc(=O)cc(COC(=O)CNC(=O)c3ccc(Br)cc3)c2cc1Cl. The maximum atomic E-state index is 12.0. The van der Waals surface area contributed by atoms with Crippen LogP contribution in [0.1, 0.15) is 28.4 Å². The summed E-state index contributed by atoms with van der Waals surface area (Å²) in [6.45, 7) is 1.51. The van der Waals surface area contributed by atoms with Crippen LogP contribution in [0, 0.1) is 0 Å². The fraction of sp³-hybridized carbons (Fsp3) is 0.190. The van der Waals surface area contributed by atoms with Gasteiger partial charge >= 0.3 is 11.6 Å². The Bertz CT molecular complexity index is 1120. The van der Waals surface area contributed by atoms with E-state index < -0.39 is 11.6 Å². The Morgan fingerprint density at radius 1 is 1.14 bits per heavy atom. The van der Waals surface area contributed by atoms with Crippen molar-refractivity contribution in [3.8, 4) is 0 Å². The number of halogens is 2. The van der Waals surface area contributed by atoms with Crippen molar-refractivity contribution in [2.45, 2.75) is 20.0 Å². The van der Waals surface area contributed by atoms with Gasteiger partial charge in [0.15, 0.2) is 0 Å². The zero-order valence-electron chi connectivity index (χ0n) is 15.5. The third-order valence-electron chi connectivity index (χ3n) is 4.27. The molecule has 0 unspecified atom stereocenters. The van der Waals surface area contributed by atoms with Gasteiger partial charge in [-0.25, -0.2) is 4.79 Å². The number of rotatable bonds is 6. The average Bonchev–Trinajstić information content (AvgIpc) is 2.70. The lowest BCUT2D eigenvalue weighted by Crippen LogP contribution is -2.30. The quantitative estimate of drug-likeness (QED) is 0.423. The van der Waals surface area contributed by atoms with Gasteiger partial charge in [-0.1, -0.05) is 34.5 Å². The molecule has 3 rings (SSSR count). The summed E-state index contributed by atoms with van der Waals surface area (Å²) in [7, 11) is 0. The average molecular weight is 479 g/mol. The number of carbonyl (C=O) groups excluding carboxylic acids is 2. The van der Waals surface area contributed by atoms with Crippen LogP contribution in [-0.2, 0) is 22.6 Å². The molecular weight excluding hydrogens is 462 g/mol. The van der Waals surface area contributed by atoms with Crippen LogP contribution in [0.2, 0.25) is 5.02 Å². The lowest BCUT2D eigenvalue weighted by Gasteiger charge is -2.10. The molecule has 1 heterocycles. The second kappa shape index (κ2) is 9.24. The van der Waals surface area contributed by atoms with Crippen molar-refractivity contribution in [3.05, 3.63) is 79.1 Å². The number of carbonyl (C=O) groups is 2. The molecule has 29 heavy (non-hydrogen) atoms. The van der Waals surface area contributed by atoms with Crippen LogP contribution >= 0.6 is 27.5 Å². The number of ether oxygens (including phenoxy) is 1. The number of fused-ring (bicyclic) bond motifs is 1. The van der Waals surface area contributed by atoms with Crippen LogP contribution in [0.4, 0.5) is 0 Å². The Kier molecular flexibility index (Phi) is 6.71. The molecule has 0 radical (unpaired) electrons. The van der Waals surface area contributed by atoms with E-state index in [1.165, 1.54) is 6.07 Å². The molecule has 1 amide bonds. The molecule has 1 aromatic heterocycles. The van der Waals surface area contributed by atoms with E-state index in [1.54, 1.807) is 36.4 Å². The minimum absolute atomic E-state index is 0.142. The summed E-state index contributed by atoms with van der Waals surface area (Å²) >= 11 is 9.54. The summed E-state index contributed by atoms with van der Waals surface area (Å²) in [4.78, 5) is 35.9. The van der Waals surface area contributed by atoms with Gasteiger partial charge in [0.25, 0.3) is 5.91 Å². The van der Waals surface area contributed by atoms with Crippen LogP contribution in [0.3, 0.4) is 0 Å². The normalized spacial score (nSPS) is 10.7. The Hall–Kier alpha value is -2.64. The van der Waals surface area contributed by atoms with E-state index in [0.717, 1.165) is 10.0 Å². The first-order valence-corrected chi connectivity index (χ1v) is 9.99. The number of aryl methyl sites for hydroxylation is 1. The monoisotopic (exact) mass is 477 g/mol. The highest BCUT2D eigenvalue weighted by molar-refractivity contribution is 9.10. The Labute approximate surface area is 179 Å². The summed E-state index contributed by atoms with van der Waals surface area (Å²) < 4.78 is 11.3. The predicted octanol–water partition coefficient (Wildman–Crippen LogP) is 4.24. The molecule has 0 saturated heterocycles. The van der Waals surface area contributed by atoms with Crippen molar-refractivity contribution < 1.29 is 18.7 Å². The molecule has 8 heteroatoms. The van der Waals surface area contributed by atoms with Crippen LogP contribution in [0.25, 0.3) is 11.0 Å². The first kappa shape index (κ1) is 21.1. The van der Waals surface area contributed by atoms with Crippen molar-refractivity contribution in [2.24, 2.45) is 0 Å². The van der Waals surface area contributed by atoms with Crippen LogP contribution in [0.15, 0.2) is 56.1 Å². The number of hydrogen-bond donors (Lipinski definition) is 1. The molecule has 0 spiro atoms. The van der Waals surface area contributed by atoms with E-state index in [2.05, 4.69) is 21.2 Å². The zero-order chi connectivity index (χ0) is 21.0. The summed E-state index contributed by atoms with van der Waals surface area (Å²) in [5, 5.41) is 3.64. The standard InChI is InChI=1S/C21H17BrClNO5/c1-2-12-7-18-16(9-17(12)23)14(8-19(25)29-18)11-28-20(26)10-24-21(27)13-3-5-15(22)6-4-13/h3-9H,2,10-11H2,1H3,(H,24,27). The van der Waals surface area contributed by atoms with E-state index in [4.69, 9.17) is 20.8 Å². The smallest absolute Gasteiger partial charge is 0.336 e. The number of hydrogen-bond acceptors (Lipinski definition) is 5. The lowest BCUT2D eigenvalue weighted by atomic mass is 10.1. The van der Waals surface area contributed by atoms with Crippen molar-refractivity contribution >= 4 is 50.4 Å². The van der Waals surface area contributed by atoms with Crippen LogP contribution in [-0.4, -0.2) is 18.4 Å². The highest BCUT2D eigenvalue weighted by Gasteiger charge is 2.13. The van der Waals surface area contributed by atoms with Crippen LogP contribution < -0.4 is 10.9 Å². The first-order chi connectivity index (χ1) is 13.9. The van der Waals surface area contributed by atoms with E-state index >= 15 is 0 Å². The van der Waals surface area contributed by atoms with Gasteiger partial charge in [-0.15, -0.1) is 0 Å². The molecule has 0 aliphatic carbocycles. The molecule has 0 atom stereocenters. The third-order valence-corrected chi connectivity index (χ3v) is 5.15. The number of nitrogens with one attached hydrogen (secondary N) is 1. The van der Waals surface area contributed by atoms with E-state index in [9.17, 15) is 14.4 Å². The Morgan fingerprint density at radius 2 is 1.86 bits per heavy atom. The largest absolute Gasteiger partial charge is 0.459 e. The highest BCUT2D eigenvalue weighted by Crippen LogP contribution is 2.26.